The Kier molecular flexibility index (Phi) is 7.86. The number of nitrogens with zero attached hydrogens (tertiary/aromatic N) is 1. The second kappa shape index (κ2) is 11.1. The number of rotatable bonds is 9. The fourth-order valence-corrected chi connectivity index (χ4v) is 7.00. The summed E-state index contributed by atoms with van der Waals surface area (Å²) in [5.74, 6) is 0.0784. The molecule has 2 fully saturated rings. The Hall–Kier alpha value is -2.46. The number of carbonyl (C=O) groups excluding carboxylic acids is 2. The Morgan fingerprint density at radius 3 is 2.73 bits per heavy atom. The van der Waals surface area contributed by atoms with Crippen molar-refractivity contribution in [3.05, 3.63) is 62.8 Å². The molecule has 2 aromatic heterocycles. The first-order valence-electron chi connectivity index (χ1n) is 13.2. The second-order valence-electron chi connectivity index (χ2n) is 10.2. The maximum atomic E-state index is 13.6. The van der Waals surface area contributed by atoms with Crippen molar-refractivity contribution in [2.75, 3.05) is 0 Å². The van der Waals surface area contributed by atoms with Gasteiger partial charge in [-0.3, -0.25) is 14.5 Å². The molecule has 2 amide bonds. The number of furan rings is 1. The average molecular weight is 523 g/mol. The van der Waals surface area contributed by atoms with E-state index in [-0.39, 0.29) is 36.4 Å². The summed E-state index contributed by atoms with van der Waals surface area (Å²) in [6.45, 7) is 4.38. The standard InChI is InChI=1S/C28H34BNO6S/c1-3-17(12-19-8-9-20(16-31)35-19)7-10-24-25-18(4-2)13-22-26(23(25)14-29(34)36-24)28(33)30(27(22)32)15-21-6-5-11-37-21/h5-6,8-9,11-12,22-24,26,31,34H,3-4,7,10,13-16H2,1-2H3/b17-12+/t22-,23+,24-,26-/m1/s1. The van der Waals surface area contributed by atoms with Gasteiger partial charge in [0.25, 0.3) is 0 Å². The molecule has 0 radical (unpaired) electrons. The van der Waals surface area contributed by atoms with Crippen LogP contribution in [0.25, 0.3) is 6.08 Å². The number of fused-ring (bicyclic) bond motifs is 3. The van der Waals surface area contributed by atoms with Gasteiger partial charge in [-0.25, -0.2) is 0 Å². The number of amides is 2. The minimum absolute atomic E-state index is 0.0807. The van der Waals surface area contributed by atoms with Crippen LogP contribution in [0.1, 0.15) is 62.3 Å². The molecule has 0 aromatic carbocycles. The Morgan fingerprint density at radius 1 is 1.22 bits per heavy atom. The number of aliphatic hydroxyl groups is 1. The first kappa shape index (κ1) is 26.2. The van der Waals surface area contributed by atoms with Gasteiger partial charge >= 0.3 is 7.12 Å². The van der Waals surface area contributed by atoms with Crippen molar-refractivity contribution in [3.63, 3.8) is 0 Å². The van der Waals surface area contributed by atoms with Crippen LogP contribution in [0.2, 0.25) is 6.32 Å². The summed E-state index contributed by atoms with van der Waals surface area (Å²) >= 11 is 1.55. The van der Waals surface area contributed by atoms with Gasteiger partial charge in [0.2, 0.25) is 11.8 Å². The molecule has 5 rings (SSSR count). The number of thiophene rings is 1. The van der Waals surface area contributed by atoms with Gasteiger partial charge in [0, 0.05) is 4.88 Å². The largest absolute Gasteiger partial charge is 0.459 e. The smallest absolute Gasteiger partial charge is 0.455 e. The van der Waals surface area contributed by atoms with E-state index in [1.54, 1.807) is 17.4 Å². The summed E-state index contributed by atoms with van der Waals surface area (Å²) in [6, 6.07) is 7.50. The third-order valence-electron chi connectivity index (χ3n) is 8.09. The highest BCUT2D eigenvalue weighted by Gasteiger charge is 2.57. The van der Waals surface area contributed by atoms with Crippen LogP contribution in [0, 0.1) is 17.8 Å². The maximum Gasteiger partial charge on any atom is 0.455 e. The molecule has 7 nitrogen and oxygen atoms in total. The molecular weight excluding hydrogens is 489 g/mol. The van der Waals surface area contributed by atoms with Gasteiger partial charge < -0.3 is 19.2 Å². The molecule has 2 aliphatic heterocycles. The molecule has 0 unspecified atom stereocenters. The molecule has 3 aliphatic rings. The van der Waals surface area contributed by atoms with Crippen LogP contribution < -0.4 is 0 Å². The van der Waals surface area contributed by atoms with Crippen molar-refractivity contribution in [2.24, 2.45) is 17.8 Å². The van der Waals surface area contributed by atoms with Gasteiger partial charge in [0.1, 0.15) is 18.1 Å². The highest BCUT2D eigenvalue weighted by atomic mass is 32.1. The van der Waals surface area contributed by atoms with E-state index in [1.807, 2.05) is 29.7 Å². The number of aliphatic hydroxyl groups excluding tert-OH is 1. The van der Waals surface area contributed by atoms with Gasteiger partial charge in [-0.1, -0.05) is 31.1 Å². The minimum atomic E-state index is -0.962. The molecule has 4 atom stereocenters. The molecule has 0 bridgehead atoms. The van der Waals surface area contributed by atoms with Gasteiger partial charge in [0.05, 0.1) is 24.5 Å². The first-order chi connectivity index (χ1) is 17.9. The predicted molar refractivity (Wildman–Crippen MR) is 142 cm³/mol. The molecule has 2 aromatic rings. The molecule has 4 heterocycles. The molecule has 37 heavy (non-hydrogen) atoms. The monoisotopic (exact) mass is 523 g/mol. The Labute approximate surface area is 222 Å². The zero-order chi connectivity index (χ0) is 26.1. The van der Waals surface area contributed by atoms with Gasteiger partial charge in [-0.15, -0.1) is 11.3 Å². The lowest BCUT2D eigenvalue weighted by Gasteiger charge is -2.43. The van der Waals surface area contributed by atoms with Crippen molar-refractivity contribution in [2.45, 2.75) is 71.5 Å². The minimum Gasteiger partial charge on any atom is -0.459 e. The van der Waals surface area contributed by atoms with Crippen LogP contribution in [0.15, 0.2) is 50.8 Å². The Balaban J connectivity index is 1.38. The van der Waals surface area contributed by atoms with Crippen LogP contribution in [0.5, 0.6) is 0 Å². The molecule has 2 saturated heterocycles. The third-order valence-corrected chi connectivity index (χ3v) is 8.95. The van der Waals surface area contributed by atoms with E-state index in [1.165, 1.54) is 16.0 Å². The number of allylic oxidation sites excluding steroid dienone is 2. The van der Waals surface area contributed by atoms with Crippen molar-refractivity contribution >= 4 is 36.3 Å². The summed E-state index contributed by atoms with van der Waals surface area (Å²) in [5, 5.41) is 21.9. The molecule has 196 valence electrons. The van der Waals surface area contributed by atoms with Gasteiger partial charge in [-0.2, -0.15) is 0 Å². The van der Waals surface area contributed by atoms with E-state index < -0.39 is 13.0 Å². The van der Waals surface area contributed by atoms with Crippen molar-refractivity contribution < 1.29 is 28.8 Å². The van der Waals surface area contributed by atoms with E-state index in [0.717, 1.165) is 29.7 Å². The molecule has 1 aliphatic carbocycles. The van der Waals surface area contributed by atoms with E-state index >= 15 is 0 Å². The van der Waals surface area contributed by atoms with Crippen LogP contribution in [-0.4, -0.2) is 40.1 Å². The average Bonchev–Trinajstić information content (AvgIpc) is 3.63. The summed E-state index contributed by atoms with van der Waals surface area (Å²) in [4.78, 5) is 29.4. The molecular formula is C28H34BNO6S. The quantitative estimate of drug-likeness (QED) is 0.278. The van der Waals surface area contributed by atoms with E-state index in [0.29, 0.717) is 37.2 Å². The zero-order valence-electron chi connectivity index (χ0n) is 21.4. The normalized spacial score (nSPS) is 26.2. The molecule has 0 spiro atoms. The maximum absolute atomic E-state index is 13.6. The molecule has 2 N–H and O–H groups in total. The SMILES string of the molecule is CCC1=C2[C@@H](CC/C(=C/c3ccc(CO)o3)CC)OB(O)C[C@@H]2[C@@H]2C(=O)N(Cc3cccs3)C(=O)[C@@H]2C1. The number of likely N-dealkylation sites (tertiary alicyclic amines) is 1. The fourth-order valence-electron chi connectivity index (χ4n) is 6.31. The molecule has 0 saturated carbocycles. The Bertz CT molecular complexity index is 1200. The van der Waals surface area contributed by atoms with Crippen LogP contribution in [-0.2, 0) is 27.4 Å². The van der Waals surface area contributed by atoms with Crippen molar-refractivity contribution in [1.82, 2.24) is 4.90 Å². The lowest BCUT2D eigenvalue weighted by atomic mass is 9.58. The summed E-state index contributed by atoms with van der Waals surface area (Å²) < 4.78 is 11.7. The lowest BCUT2D eigenvalue weighted by Crippen LogP contribution is -2.46. The summed E-state index contributed by atoms with van der Waals surface area (Å²) in [6.07, 6.45) is 5.70. The summed E-state index contributed by atoms with van der Waals surface area (Å²) in [5.41, 5.74) is 3.51. The van der Waals surface area contributed by atoms with Crippen LogP contribution in [0.4, 0.5) is 0 Å². The van der Waals surface area contributed by atoms with Crippen LogP contribution in [0.3, 0.4) is 0 Å². The van der Waals surface area contributed by atoms with Crippen molar-refractivity contribution in [1.29, 1.82) is 0 Å². The fraction of sp³-hybridized carbons (Fsp3) is 0.500. The highest BCUT2D eigenvalue weighted by molar-refractivity contribution is 7.09. The van der Waals surface area contributed by atoms with E-state index in [4.69, 9.17) is 9.07 Å². The predicted octanol–water partition coefficient (Wildman–Crippen LogP) is 4.81. The van der Waals surface area contributed by atoms with E-state index in [9.17, 15) is 19.7 Å². The lowest BCUT2D eigenvalue weighted by molar-refractivity contribution is -0.140. The van der Waals surface area contributed by atoms with Crippen molar-refractivity contribution in [3.8, 4) is 0 Å². The summed E-state index contributed by atoms with van der Waals surface area (Å²) in [7, 11) is -0.962. The first-order valence-corrected chi connectivity index (χ1v) is 14.1. The van der Waals surface area contributed by atoms with E-state index in [2.05, 4.69) is 13.8 Å². The number of imide groups is 1. The number of hydrogen-bond acceptors (Lipinski definition) is 7. The van der Waals surface area contributed by atoms with Crippen LogP contribution >= 0.6 is 11.3 Å². The third kappa shape index (κ3) is 5.15. The molecule has 9 heteroatoms. The number of carbonyl (C=O) groups is 2. The number of hydrogen-bond donors (Lipinski definition) is 2. The topological polar surface area (TPSA) is 100 Å². The van der Waals surface area contributed by atoms with Gasteiger partial charge in [-0.05, 0) is 79.6 Å². The zero-order valence-corrected chi connectivity index (χ0v) is 22.2. The van der Waals surface area contributed by atoms with Gasteiger partial charge in [0.15, 0.2) is 0 Å². The Morgan fingerprint density at radius 2 is 2.05 bits per heavy atom. The second-order valence-corrected chi connectivity index (χ2v) is 11.2. The highest BCUT2D eigenvalue weighted by Crippen LogP contribution is 2.51.